The Morgan fingerprint density at radius 2 is 2.10 bits per heavy atom. The van der Waals surface area contributed by atoms with Gasteiger partial charge in [-0.15, -0.1) is 0 Å². The molecule has 1 aliphatic heterocycles. The number of pyridine rings is 1. The summed E-state index contributed by atoms with van der Waals surface area (Å²) in [6.07, 6.45) is 4.34. The molecular formula is C21H26N6O2. The van der Waals surface area contributed by atoms with Crippen LogP contribution in [0.1, 0.15) is 45.5 Å². The fraction of sp³-hybridized carbons (Fsp3) is 0.429. The number of nitrogens with zero attached hydrogens (tertiary/aromatic N) is 6. The van der Waals surface area contributed by atoms with E-state index in [2.05, 4.69) is 15.2 Å². The predicted molar refractivity (Wildman–Crippen MR) is 108 cm³/mol. The number of rotatable bonds is 5. The maximum atomic E-state index is 13.1. The molecule has 3 aromatic rings. The molecule has 8 heteroatoms. The Kier molecular flexibility index (Phi) is 5.08. The molecule has 0 bridgehead atoms. The lowest BCUT2D eigenvalue weighted by molar-refractivity contribution is 0.0731. The van der Waals surface area contributed by atoms with Crippen LogP contribution in [0.25, 0.3) is 0 Å². The summed E-state index contributed by atoms with van der Waals surface area (Å²) in [5.41, 5.74) is 5.61. The van der Waals surface area contributed by atoms with Crippen LogP contribution < -0.4 is 4.74 Å². The van der Waals surface area contributed by atoms with Gasteiger partial charge in [0, 0.05) is 62.8 Å². The van der Waals surface area contributed by atoms with E-state index in [1.807, 2.05) is 55.7 Å². The zero-order valence-electron chi connectivity index (χ0n) is 17.3. The summed E-state index contributed by atoms with van der Waals surface area (Å²) in [5, 5.41) is 9.05. The van der Waals surface area contributed by atoms with Crippen molar-refractivity contribution < 1.29 is 9.53 Å². The SMILES string of the molecule is CCn1cc(C(=O)N2CCc3c(c(COc4cc(C)ccn4)nn3C)C2)c(C)n1. The number of aromatic nitrogens is 5. The maximum absolute atomic E-state index is 13.1. The van der Waals surface area contributed by atoms with E-state index in [1.54, 1.807) is 10.9 Å². The molecule has 152 valence electrons. The highest BCUT2D eigenvalue weighted by Crippen LogP contribution is 2.25. The first-order valence-corrected chi connectivity index (χ1v) is 9.88. The highest BCUT2D eigenvalue weighted by Gasteiger charge is 2.29. The van der Waals surface area contributed by atoms with Crippen LogP contribution >= 0.6 is 0 Å². The lowest BCUT2D eigenvalue weighted by Crippen LogP contribution is -2.36. The van der Waals surface area contributed by atoms with Crippen LogP contribution in [0, 0.1) is 13.8 Å². The van der Waals surface area contributed by atoms with Crippen molar-refractivity contribution in [3.63, 3.8) is 0 Å². The van der Waals surface area contributed by atoms with Gasteiger partial charge in [0.1, 0.15) is 12.3 Å². The van der Waals surface area contributed by atoms with Crippen molar-refractivity contribution in [1.82, 2.24) is 29.4 Å². The number of fused-ring (bicyclic) bond motifs is 1. The topological polar surface area (TPSA) is 78.1 Å². The highest BCUT2D eigenvalue weighted by atomic mass is 16.5. The Morgan fingerprint density at radius 3 is 2.83 bits per heavy atom. The first kappa shape index (κ1) is 19.2. The summed E-state index contributed by atoms with van der Waals surface area (Å²) in [6.45, 7) is 8.17. The Balaban J connectivity index is 1.53. The first-order chi connectivity index (χ1) is 14.0. The van der Waals surface area contributed by atoms with Gasteiger partial charge in [-0.2, -0.15) is 10.2 Å². The van der Waals surface area contributed by atoms with Crippen molar-refractivity contribution in [2.45, 2.75) is 46.9 Å². The number of ether oxygens (including phenoxy) is 1. The molecule has 29 heavy (non-hydrogen) atoms. The molecule has 0 fully saturated rings. The van der Waals surface area contributed by atoms with Gasteiger partial charge in [-0.05, 0) is 32.4 Å². The first-order valence-electron chi connectivity index (χ1n) is 9.88. The second-order valence-electron chi connectivity index (χ2n) is 7.42. The van der Waals surface area contributed by atoms with E-state index in [4.69, 9.17) is 4.74 Å². The van der Waals surface area contributed by atoms with Crippen molar-refractivity contribution in [2.75, 3.05) is 6.54 Å². The third kappa shape index (κ3) is 3.74. The van der Waals surface area contributed by atoms with Crippen LogP contribution in [0.4, 0.5) is 0 Å². The van der Waals surface area contributed by atoms with Gasteiger partial charge < -0.3 is 9.64 Å². The van der Waals surface area contributed by atoms with Crippen molar-refractivity contribution >= 4 is 5.91 Å². The normalized spacial score (nSPS) is 13.4. The van der Waals surface area contributed by atoms with Crippen LogP contribution in [-0.2, 0) is 33.2 Å². The van der Waals surface area contributed by atoms with Gasteiger partial charge in [0.2, 0.25) is 5.88 Å². The lowest BCUT2D eigenvalue weighted by Gasteiger charge is -2.27. The molecule has 4 heterocycles. The number of hydrogen-bond donors (Lipinski definition) is 0. The molecule has 1 aliphatic rings. The van der Waals surface area contributed by atoms with Crippen molar-refractivity contribution in [3.05, 3.63) is 58.3 Å². The number of aryl methyl sites for hydroxylation is 4. The van der Waals surface area contributed by atoms with Gasteiger partial charge in [0.25, 0.3) is 5.91 Å². The Morgan fingerprint density at radius 1 is 1.28 bits per heavy atom. The molecule has 3 aromatic heterocycles. The summed E-state index contributed by atoms with van der Waals surface area (Å²) in [5.74, 6) is 0.597. The van der Waals surface area contributed by atoms with Crippen molar-refractivity contribution in [2.24, 2.45) is 7.05 Å². The molecule has 0 saturated carbocycles. The van der Waals surface area contributed by atoms with Gasteiger partial charge in [0.05, 0.1) is 11.3 Å². The summed E-state index contributed by atoms with van der Waals surface area (Å²) in [4.78, 5) is 19.2. The van der Waals surface area contributed by atoms with Crippen molar-refractivity contribution in [3.8, 4) is 5.88 Å². The van der Waals surface area contributed by atoms with Crippen molar-refractivity contribution in [1.29, 1.82) is 0 Å². The van der Waals surface area contributed by atoms with E-state index in [0.717, 1.165) is 41.2 Å². The van der Waals surface area contributed by atoms with Gasteiger partial charge in [-0.3, -0.25) is 14.2 Å². The van der Waals surface area contributed by atoms with E-state index in [0.29, 0.717) is 31.1 Å². The number of carbonyl (C=O) groups excluding carboxylic acids is 1. The molecule has 0 saturated heterocycles. The third-order valence-electron chi connectivity index (χ3n) is 5.36. The predicted octanol–water partition coefficient (Wildman–Crippen LogP) is 2.43. The molecule has 8 nitrogen and oxygen atoms in total. The van der Waals surface area contributed by atoms with Crippen LogP contribution in [-0.4, -0.2) is 41.9 Å². The molecule has 0 spiro atoms. The highest BCUT2D eigenvalue weighted by molar-refractivity contribution is 5.95. The van der Waals surface area contributed by atoms with Gasteiger partial charge in [0.15, 0.2) is 0 Å². The van der Waals surface area contributed by atoms with E-state index in [9.17, 15) is 4.79 Å². The van der Waals surface area contributed by atoms with E-state index >= 15 is 0 Å². The molecular weight excluding hydrogens is 368 g/mol. The molecule has 0 radical (unpaired) electrons. The monoisotopic (exact) mass is 394 g/mol. The fourth-order valence-electron chi connectivity index (χ4n) is 3.75. The molecule has 0 atom stereocenters. The minimum atomic E-state index is 0.0175. The second kappa shape index (κ2) is 7.69. The fourth-order valence-corrected chi connectivity index (χ4v) is 3.75. The maximum Gasteiger partial charge on any atom is 0.257 e. The molecule has 0 aliphatic carbocycles. The average Bonchev–Trinajstić information content (AvgIpc) is 3.25. The van der Waals surface area contributed by atoms with Crippen LogP contribution in [0.15, 0.2) is 24.5 Å². The lowest BCUT2D eigenvalue weighted by atomic mass is 10.0. The molecule has 0 unspecified atom stereocenters. The van der Waals surface area contributed by atoms with E-state index in [1.165, 1.54) is 0 Å². The molecule has 4 rings (SSSR count). The standard InChI is InChI=1S/C21H26N6O2/c1-5-27-12-16(15(3)23-27)21(28)26-9-7-19-17(11-26)18(24-25(19)4)13-29-20-10-14(2)6-8-22-20/h6,8,10,12H,5,7,9,11,13H2,1-4H3. The Hall–Kier alpha value is -3.16. The zero-order chi connectivity index (χ0) is 20.5. The zero-order valence-corrected chi connectivity index (χ0v) is 17.3. The van der Waals surface area contributed by atoms with E-state index in [-0.39, 0.29) is 5.91 Å². The summed E-state index contributed by atoms with van der Waals surface area (Å²) < 4.78 is 9.57. The van der Waals surface area contributed by atoms with Crippen LogP contribution in [0.2, 0.25) is 0 Å². The number of carbonyl (C=O) groups is 1. The van der Waals surface area contributed by atoms with Gasteiger partial charge in [-0.1, -0.05) is 0 Å². The summed E-state index contributed by atoms with van der Waals surface area (Å²) in [7, 11) is 1.94. The summed E-state index contributed by atoms with van der Waals surface area (Å²) in [6, 6.07) is 3.83. The summed E-state index contributed by atoms with van der Waals surface area (Å²) >= 11 is 0. The second-order valence-corrected chi connectivity index (χ2v) is 7.42. The third-order valence-corrected chi connectivity index (χ3v) is 5.36. The number of hydrogen-bond acceptors (Lipinski definition) is 5. The minimum absolute atomic E-state index is 0.0175. The van der Waals surface area contributed by atoms with Gasteiger partial charge in [-0.25, -0.2) is 4.98 Å². The molecule has 0 aromatic carbocycles. The smallest absolute Gasteiger partial charge is 0.257 e. The largest absolute Gasteiger partial charge is 0.471 e. The quantitative estimate of drug-likeness (QED) is 0.664. The van der Waals surface area contributed by atoms with Crippen LogP contribution in [0.5, 0.6) is 5.88 Å². The van der Waals surface area contributed by atoms with Crippen LogP contribution in [0.3, 0.4) is 0 Å². The molecule has 0 N–H and O–H groups in total. The average molecular weight is 394 g/mol. The number of amides is 1. The Labute approximate surface area is 170 Å². The molecule has 1 amide bonds. The van der Waals surface area contributed by atoms with Gasteiger partial charge >= 0.3 is 0 Å². The Bertz CT molecular complexity index is 1050. The van der Waals surface area contributed by atoms with E-state index < -0.39 is 0 Å². The minimum Gasteiger partial charge on any atom is -0.471 e.